The van der Waals surface area contributed by atoms with Crippen molar-refractivity contribution in [2.75, 3.05) is 13.1 Å². The van der Waals surface area contributed by atoms with Gasteiger partial charge in [-0.25, -0.2) is 0 Å². The van der Waals surface area contributed by atoms with E-state index in [4.69, 9.17) is 4.42 Å². The van der Waals surface area contributed by atoms with Gasteiger partial charge in [0.15, 0.2) is 0 Å². The van der Waals surface area contributed by atoms with E-state index in [0.717, 1.165) is 31.7 Å². The summed E-state index contributed by atoms with van der Waals surface area (Å²) < 4.78 is 5.21. The van der Waals surface area contributed by atoms with Gasteiger partial charge in [0.2, 0.25) is 5.91 Å². The van der Waals surface area contributed by atoms with Crippen molar-refractivity contribution in [3.63, 3.8) is 0 Å². The van der Waals surface area contributed by atoms with Crippen molar-refractivity contribution in [2.45, 2.75) is 17.7 Å². The summed E-state index contributed by atoms with van der Waals surface area (Å²) in [5, 5.41) is 0. The monoisotopic (exact) mass is 257 g/mol. The number of nitrogens with zero attached hydrogens (tertiary/aromatic N) is 1. The summed E-state index contributed by atoms with van der Waals surface area (Å²) in [6.45, 7) is 1.61. The van der Waals surface area contributed by atoms with E-state index in [9.17, 15) is 4.79 Å². The third kappa shape index (κ3) is 2.00. The molecule has 76 valence electrons. The summed E-state index contributed by atoms with van der Waals surface area (Å²) in [7, 11) is 0. The molecule has 0 aliphatic carbocycles. The Morgan fingerprint density at radius 1 is 1.64 bits per heavy atom. The molecule has 14 heavy (non-hydrogen) atoms. The molecule has 0 aromatic carbocycles. The molecule has 0 N–H and O–H groups in total. The standard InChI is InChI=1S/C10H12BrNO2/c11-9-4-6-12(10(9)13)5-3-8-2-1-7-14-8/h1-2,7,9H,3-6H2. The van der Waals surface area contributed by atoms with Crippen LogP contribution in [0, 0.1) is 0 Å². The van der Waals surface area contributed by atoms with Gasteiger partial charge >= 0.3 is 0 Å². The summed E-state index contributed by atoms with van der Waals surface area (Å²) in [6, 6.07) is 3.81. The van der Waals surface area contributed by atoms with Crippen LogP contribution in [0.1, 0.15) is 12.2 Å². The Bertz CT molecular complexity index is 310. The lowest BCUT2D eigenvalue weighted by molar-refractivity contribution is -0.127. The molecule has 0 spiro atoms. The summed E-state index contributed by atoms with van der Waals surface area (Å²) >= 11 is 3.35. The maximum absolute atomic E-state index is 11.5. The average Bonchev–Trinajstić information content (AvgIpc) is 2.77. The van der Waals surface area contributed by atoms with Crippen LogP contribution in [-0.4, -0.2) is 28.7 Å². The van der Waals surface area contributed by atoms with Crippen LogP contribution in [0.4, 0.5) is 0 Å². The first-order valence-corrected chi connectivity index (χ1v) is 5.64. The van der Waals surface area contributed by atoms with Gasteiger partial charge in [-0.05, 0) is 18.6 Å². The molecule has 1 saturated heterocycles. The lowest BCUT2D eigenvalue weighted by Crippen LogP contribution is -2.29. The van der Waals surface area contributed by atoms with Gasteiger partial charge in [0, 0.05) is 19.5 Å². The number of hydrogen-bond donors (Lipinski definition) is 0. The molecule has 1 fully saturated rings. The number of furan rings is 1. The quantitative estimate of drug-likeness (QED) is 0.775. The minimum Gasteiger partial charge on any atom is -0.469 e. The van der Waals surface area contributed by atoms with E-state index in [1.54, 1.807) is 6.26 Å². The van der Waals surface area contributed by atoms with Gasteiger partial charge in [0.05, 0.1) is 11.1 Å². The molecule has 2 rings (SSSR count). The SMILES string of the molecule is O=C1C(Br)CCN1CCc1ccco1. The van der Waals surface area contributed by atoms with E-state index in [0.29, 0.717) is 0 Å². The predicted octanol–water partition coefficient (Wildman–Crippen LogP) is 1.82. The number of halogens is 1. The molecular weight excluding hydrogens is 246 g/mol. The molecule has 2 heterocycles. The average molecular weight is 258 g/mol. The first-order chi connectivity index (χ1) is 6.77. The Kier molecular flexibility index (Phi) is 2.91. The van der Waals surface area contributed by atoms with Crippen LogP contribution in [0.3, 0.4) is 0 Å². The normalized spacial score (nSPS) is 21.9. The summed E-state index contributed by atoms with van der Waals surface area (Å²) in [5.41, 5.74) is 0. The van der Waals surface area contributed by atoms with Crippen LogP contribution < -0.4 is 0 Å². The van der Waals surface area contributed by atoms with E-state index in [-0.39, 0.29) is 10.7 Å². The zero-order chi connectivity index (χ0) is 9.97. The molecule has 0 radical (unpaired) electrons. The van der Waals surface area contributed by atoms with E-state index in [1.165, 1.54) is 0 Å². The van der Waals surface area contributed by atoms with Crippen molar-refractivity contribution in [2.24, 2.45) is 0 Å². The zero-order valence-electron chi connectivity index (χ0n) is 7.78. The molecule has 1 unspecified atom stereocenters. The van der Waals surface area contributed by atoms with Gasteiger partial charge in [0.25, 0.3) is 0 Å². The van der Waals surface area contributed by atoms with Crippen molar-refractivity contribution in [3.8, 4) is 0 Å². The lowest BCUT2D eigenvalue weighted by Gasteiger charge is -2.14. The van der Waals surface area contributed by atoms with Crippen LogP contribution in [0.2, 0.25) is 0 Å². The fraction of sp³-hybridized carbons (Fsp3) is 0.500. The number of alkyl halides is 1. The van der Waals surface area contributed by atoms with Gasteiger partial charge in [0.1, 0.15) is 5.76 Å². The molecular formula is C10H12BrNO2. The predicted molar refractivity (Wildman–Crippen MR) is 56.3 cm³/mol. The minimum absolute atomic E-state index is 0.0269. The number of carbonyl (C=O) groups excluding carboxylic acids is 1. The second kappa shape index (κ2) is 4.17. The molecule has 1 amide bonds. The fourth-order valence-corrected chi connectivity index (χ4v) is 2.12. The minimum atomic E-state index is 0.0269. The molecule has 0 saturated carbocycles. The molecule has 1 atom stereocenters. The van der Waals surface area contributed by atoms with E-state index >= 15 is 0 Å². The molecule has 0 bridgehead atoms. The highest BCUT2D eigenvalue weighted by molar-refractivity contribution is 9.10. The van der Waals surface area contributed by atoms with Crippen molar-refractivity contribution in [3.05, 3.63) is 24.2 Å². The highest BCUT2D eigenvalue weighted by Crippen LogP contribution is 2.18. The third-order valence-corrected chi connectivity index (χ3v) is 3.29. The number of carbonyl (C=O) groups is 1. The highest BCUT2D eigenvalue weighted by Gasteiger charge is 2.28. The van der Waals surface area contributed by atoms with Crippen molar-refractivity contribution in [1.29, 1.82) is 0 Å². The Morgan fingerprint density at radius 2 is 2.50 bits per heavy atom. The van der Waals surface area contributed by atoms with Gasteiger partial charge in [-0.1, -0.05) is 15.9 Å². The first-order valence-electron chi connectivity index (χ1n) is 4.72. The Balaban J connectivity index is 1.84. The van der Waals surface area contributed by atoms with Crippen molar-refractivity contribution in [1.82, 2.24) is 4.90 Å². The maximum Gasteiger partial charge on any atom is 0.236 e. The largest absolute Gasteiger partial charge is 0.469 e. The van der Waals surface area contributed by atoms with Gasteiger partial charge in [-0.3, -0.25) is 4.79 Å². The van der Waals surface area contributed by atoms with E-state index in [1.807, 2.05) is 17.0 Å². The lowest BCUT2D eigenvalue weighted by atomic mass is 10.3. The van der Waals surface area contributed by atoms with Crippen molar-refractivity contribution >= 4 is 21.8 Å². The number of hydrogen-bond acceptors (Lipinski definition) is 2. The number of amides is 1. The van der Waals surface area contributed by atoms with Crippen LogP contribution >= 0.6 is 15.9 Å². The van der Waals surface area contributed by atoms with Crippen LogP contribution in [-0.2, 0) is 11.2 Å². The molecule has 1 aromatic rings. The molecule has 1 aliphatic heterocycles. The number of rotatable bonds is 3. The number of likely N-dealkylation sites (tertiary alicyclic amines) is 1. The van der Waals surface area contributed by atoms with Crippen LogP contribution in [0.25, 0.3) is 0 Å². The Hall–Kier alpha value is -0.770. The Labute approximate surface area is 91.2 Å². The second-order valence-electron chi connectivity index (χ2n) is 3.41. The first kappa shape index (κ1) is 9.77. The van der Waals surface area contributed by atoms with Gasteiger partial charge < -0.3 is 9.32 Å². The van der Waals surface area contributed by atoms with Crippen LogP contribution in [0.5, 0.6) is 0 Å². The topological polar surface area (TPSA) is 33.5 Å². The summed E-state index contributed by atoms with van der Waals surface area (Å²) in [4.78, 5) is 13.4. The Morgan fingerprint density at radius 3 is 3.07 bits per heavy atom. The fourth-order valence-electron chi connectivity index (χ4n) is 1.62. The second-order valence-corrected chi connectivity index (χ2v) is 4.52. The summed E-state index contributed by atoms with van der Waals surface area (Å²) in [5.74, 6) is 1.15. The smallest absolute Gasteiger partial charge is 0.236 e. The third-order valence-electron chi connectivity index (χ3n) is 2.44. The molecule has 4 heteroatoms. The summed E-state index contributed by atoms with van der Waals surface area (Å²) in [6.07, 6.45) is 3.38. The molecule has 1 aromatic heterocycles. The van der Waals surface area contributed by atoms with Crippen LogP contribution in [0.15, 0.2) is 22.8 Å². The molecule has 3 nitrogen and oxygen atoms in total. The zero-order valence-corrected chi connectivity index (χ0v) is 9.37. The van der Waals surface area contributed by atoms with Gasteiger partial charge in [-0.15, -0.1) is 0 Å². The molecule has 1 aliphatic rings. The van der Waals surface area contributed by atoms with E-state index in [2.05, 4.69) is 15.9 Å². The maximum atomic E-state index is 11.5. The van der Waals surface area contributed by atoms with E-state index < -0.39 is 0 Å². The highest BCUT2D eigenvalue weighted by atomic mass is 79.9. The van der Waals surface area contributed by atoms with Gasteiger partial charge in [-0.2, -0.15) is 0 Å². The van der Waals surface area contributed by atoms with Crippen molar-refractivity contribution < 1.29 is 9.21 Å².